The van der Waals surface area contributed by atoms with Crippen molar-refractivity contribution in [2.75, 3.05) is 19.8 Å². The summed E-state index contributed by atoms with van der Waals surface area (Å²) in [5.41, 5.74) is 0.859. The third kappa shape index (κ3) is 9.35. The van der Waals surface area contributed by atoms with Gasteiger partial charge in [-0.1, -0.05) is 33.1 Å². The molecule has 0 bridgehead atoms. The molecule has 6 nitrogen and oxygen atoms in total. The van der Waals surface area contributed by atoms with E-state index in [0.717, 1.165) is 63.7 Å². The van der Waals surface area contributed by atoms with E-state index in [2.05, 4.69) is 23.8 Å². The van der Waals surface area contributed by atoms with Crippen molar-refractivity contribution < 1.29 is 19.0 Å². The number of unbranched alkanes of at least 4 members (excludes halogenated alkanes) is 4. The average molecular weight is 415 g/mol. The molecule has 164 valence electrons. The summed E-state index contributed by atoms with van der Waals surface area (Å²) >= 11 is 0. The van der Waals surface area contributed by atoms with Gasteiger partial charge in [-0.3, -0.25) is 4.79 Å². The fourth-order valence-electron chi connectivity index (χ4n) is 2.83. The second-order valence-electron chi connectivity index (χ2n) is 7.22. The summed E-state index contributed by atoms with van der Waals surface area (Å²) < 4.78 is 16.5. The third-order valence-electron chi connectivity index (χ3n) is 4.51. The smallest absolute Gasteiger partial charge is 0.311 e. The van der Waals surface area contributed by atoms with Crippen LogP contribution in [-0.4, -0.2) is 35.8 Å². The molecule has 1 aromatic carbocycles. The van der Waals surface area contributed by atoms with Gasteiger partial charge in [-0.05, 0) is 49.9 Å². The van der Waals surface area contributed by atoms with Crippen molar-refractivity contribution in [3.05, 3.63) is 36.7 Å². The van der Waals surface area contributed by atoms with Crippen LogP contribution in [0.1, 0.15) is 65.2 Å². The predicted octanol–water partition coefficient (Wildman–Crippen LogP) is 5.61. The van der Waals surface area contributed by atoms with Gasteiger partial charge in [0.15, 0.2) is 11.6 Å². The maximum Gasteiger partial charge on any atom is 0.311 e. The van der Waals surface area contributed by atoms with Crippen molar-refractivity contribution in [3.63, 3.8) is 0 Å². The first-order chi connectivity index (χ1) is 14.7. The molecule has 0 amide bonds. The van der Waals surface area contributed by atoms with Crippen LogP contribution < -0.4 is 9.47 Å². The summed E-state index contributed by atoms with van der Waals surface area (Å²) in [6.45, 7) is 6.47. The molecule has 0 aliphatic carbocycles. The first kappa shape index (κ1) is 23.8. The molecule has 2 aromatic rings. The van der Waals surface area contributed by atoms with Crippen molar-refractivity contribution in [1.29, 1.82) is 0 Å². The molecule has 0 spiro atoms. The molecule has 0 aliphatic rings. The number of carbonyl (C=O) groups is 1. The Morgan fingerprint density at radius 2 is 1.53 bits per heavy atom. The Hall–Kier alpha value is -2.47. The van der Waals surface area contributed by atoms with Gasteiger partial charge in [-0.15, -0.1) is 0 Å². The lowest BCUT2D eigenvalue weighted by Gasteiger charge is -2.07. The van der Waals surface area contributed by atoms with Crippen molar-refractivity contribution in [1.82, 2.24) is 9.97 Å². The Bertz CT molecular complexity index is 717. The topological polar surface area (TPSA) is 70.5 Å². The van der Waals surface area contributed by atoms with Crippen LogP contribution in [0.2, 0.25) is 0 Å². The van der Waals surface area contributed by atoms with Crippen LogP contribution in [0.3, 0.4) is 0 Å². The highest BCUT2D eigenvalue weighted by Gasteiger charge is 2.07. The lowest BCUT2D eigenvalue weighted by atomic mass is 10.1. The van der Waals surface area contributed by atoms with E-state index >= 15 is 0 Å². The van der Waals surface area contributed by atoms with E-state index in [9.17, 15) is 4.79 Å². The fourth-order valence-corrected chi connectivity index (χ4v) is 2.83. The quantitative estimate of drug-likeness (QED) is 0.214. The van der Waals surface area contributed by atoms with Crippen LogP contribution in [0.4, 0.5) is 0 Å². The second-order valence-corrected chi connectivity index (χ2v) is 7.22. The number of carbonyl (C=O) groups excluding carboxylic acids is 1. The highest BCUT2D eigenvalue weighted by atomic mass is 16.5. The largest absolute Gasteiger partial charge is 0.490 e. The number of aromatic nitrogens is 2. The molecule has 0 atom stereocenters. The Morgan fingerprint density at radius 3 is 2.23 bits per heavy atom. The number of esters is 1. The SMILES string of the molecule is CCCCCCC(=O)Oc1ccc(-c2ncc(OCCCCOCCC)cn2)cc1. The van der Waals surface area contributed by atoms with Gasteiger partial charge in [0.1, 0.15) is 5.75 Å². The Morgan fingerprint density at radius 1 is 0.800 bits per heavy atom. The lowest BCUT2D eigenvalue weighted by Crippen LogP contribution is -2.07. The zero-order chi connectivity index (χ0) is 21.4. The summed E-state index contributed by atoms with van der Waals surface area (Å²) in [6, 6.07) is 7.25. The van der Waals surface area contributed by atoms with Gasteiger partial charge >= 0.3 is 5.97 Å². The van der Waals surface area contributed by atoms with Gasteiger partial charge in [-0.2, -0.15) is 0 Å². The summed E-state index contributed by atoms with van der Waals surface area (Å²) in [6.07, 6.45) is 11.0. The van der Waals surface area contributed by atoms with Crippen LogP contribution in [-0.2, 0) is 9.53 Å². The molecule has 0 fully saturated rings. The predicted molar refractivity (Wildman–Crippen MR) is 118 cm³/mol. The standard InChI is InChI=1S/C24H34N2O4/c1-3-5-6-7-10-23(27)30-21-13-11-20(12-14-21)24-25-18-22(19-26-24)29-17-9-8-16-28-15-4-2/h11-14,18-19H,3-10,15-17H2,1-2H3. The molecule has 0 saturated heterocycles. The molecule has 6 heteroatoms. The molecule has 30 heavy (non-hydrogen) atoms. The van der Waals surface area contributed by atoms with E-state index in [1.165, 1.54) is 0 Å². The molecule has 0 unspecified atom stereocenters. The molecule has 2 rings (SSSR count). The molecule has 0 N–H and O–H groups in total. The van der Waals surface area contributed by atoms with Gasteiger partial charge in [0, 0.05) is 25.2 Å². The zero-order valence-electron chi connectivity index (χ0n) is 18.3. The molecular formula is C24H34N2O4. The van der Waals surface area contributed by atoms with Crippen LogP contribution in [0.25, 0.3) is 11.4 Å². The third-order valence-corrected chi connectivity index (χ3v) is 4.51. The summed E-state index contributed by atoms with van der Waals surface area (Å²) in [4.78, 5) is 20.6. The van der Waals surface area contributed by atoms with Crippen molar-refractivity contribution in [2.45, 2.75) is 65.2 Å². The monoisotopic (exact) mass is 414 g/mol. The van der Waals surface area contributed by atoms with Crippen LogP contribution in [0.5, 0.6) is 11.5 Å². The van der Waals surface area contributed by atoms with Gasteiger partial charge in [0.05, 0.1) is 19.0 Å². The summed E-state index contributed by atoms with van der Waals surface area (Å²) in [5, 5.41) is 0. The number of nitrogens with zero attached hydrogens (tertiary/aromatic N) is 2. The summed E-state index contributed by atoms with van der Waals surface area (Å²) in [5.74, 6) is 1.62. The average Bonchev–Trinajstić information content (AvgIpc) is 2.77. The van der Waals surface area contributed by atoms with Crippen molar-refractivity contribution >= 4 is 5.97 Å². The van der Waals surface area contributed by atoms with Gasteiger partial charge in [0.2, 0.25) is 0 Å². The minimum atomic E-state index is -0.187. The van der Waals surface area contributed by atoms with E-state index in [-0.39, 0.29) is 5.97 Å². The first-order valence-electron chi connectivity index (χ1n) is 11.1. The zero-order valence-corrected chi connectivity index (χ0v) is 18.3. The Kier molecular flexibility index (Phi) is 11.5. The van der Waals surface area contributed by atoms with Gasteiger partial charge in [0.25, 0.3) is 0 Å². The van der Waals surface area contributed by atoms with Gasteiger partial charge < -0.3 is 14.2 Å². The van der Waals surface area contributed by atoms with Crippen LogP contribution in [0.15, 0.2) is 36.7 Å². The van der Waals surface area contributed by atoms with E-state index in [4.69, 9.17) is 14.2 Å². The lowest BCUT2D eigenvalue weighted by molar-refractivity contribution is -0.134. The number of ether oxygens (including phenoxy) is 3. The number of rotatable bonds is 15. The molecule has 1 heterocycles. The molecule has 0 radical (unpaired) electrons. The van der Waals surface area contributed by atoms with E-state index in [0.29, 0.717) is 30.4 Å². The molecule has 1 aromatic heterocycles. The maximum atomic E-state index is 11.9. The first-order valence-corrected chi connectivity index (χ1v) is 11.1. The van der Waals surface area contributed by atoms with E-state index < -0.39 is 0 Å². The minimum Gasteiger partial charge on any atom is -0.490 e. The normalized spacial score (nSPS) is 10.7. The van der Waals surface area contributed by atoms with Crippen molar-refractivity contribution in [3.8, 4) is 22.9 Å². The number of benzene rings is 1. The molecule has 0 aliphatic heterocycles. The van der Waals surface area contributed by atoms with Crippen molar-refractivity contribution in [2.24, 2.45) is 0 Å². The minimum absolute atomic E-state index is 0.187. The highest BCUT2D eigenvalue weighted by Crippen LogP contribution is 2.21. The van der Waals surface area contributed by atoms with Crippen LogP contribution >= 0.6 is 0 Å². The van der Waals surface area contributed by atoms with E-state index in [1.807, 2.05) is 12.1 Å². The summed E-state index contributed by atoms with van der Waals surface area (Å²) in [7, 11) is 0. The van der Waals surface area contributed by atoms with Gasteiger partial charge in [-0.25, -0.2) is 9.97 Å². The Labute approximate surface area is 180 Å². The number of hydrogen-bond acceptors (Lipinski definition) is 6. The maximum absolute atomic E-state index is 11.9. The number of hydrogen-bond donors (Lipinski definition) is 0. The van der Waals surface area contributed by atoms with E-state index in [1.54, 1.807) is 24.5 Å². The second kappa shape index (κ2) is 14.5. The van der Waals surface area contributed by atoms with Crippen LogP contribution in [0, 0.1) is 0 Å². The highest BCUT2D eigenvalue weighted by molar-refractivity contribution is 5.72. The Balaban J connectivity index is 1.73. The molecule has 0 saturated carbocycles. The fraction of sp³-hybridized carbons (Fsp3) is 0.542. The molecular weight excluding hydrogens is 380 g/mol.